The highest BCUT2D eigenvalue weighted by molar-refractivity contribution is 5.96. The van der Waals surface area contributed by atoms with Gasteiger partial charge in [0.25, 0.3) is 11.5 Å². The summed E-state index contributed by atoms with van der Waals surface area (Å²) >= 11 is 0. The molecule has 30 heavy (non-hydrogen) atoms. The molecular formula is C22H18N4O4. The number of carbonyl (C=O) groups is 1. The lowest BCUT2D eigenvalue weighted by atomic mass is 10.2. The van der Waals surface area contributed by atoms with Crippen LogP contribution < -0.4 is 16.5 Å². The highest BCUT2D eigenvalue weighted by atomic mass is 16.4. The number of fused-ring (bicyclic) bond motifs is 1. The zero-order chi connectivity index (χ0) is 20.9. The Kier molecular flexibility index (Phi) is 5.47. The van der Waals surface area contributed by atoms with Crippen molar-refractivity contribution in [1.29, 1.82) is 0 Å². The van der Waals surface area contributed by atoms with Crippen LogP contribution in [0.15, 0.2) is 81.0 Å². The summed E-state index contributed by atoms with van der Waals surface area (Å²) in [7, 11) is 0. The van der Waals surface area contributed by atoms with E-state index in [1.807, 2.05) is 12.1 Å². The lowest BCUT2D eigenvalue weighted by Crippen LogP contribution is -2.30. The molecule has 0 spiro atoms. The van der Waals surface area contributed by atoms with Crippen molar-refractivity contribution in [1.82, 2.24) is 20.1 Å². The monoisotopic (exact) mass is 402 g/mol. The predicted molar refractivity (Wildman–Crippen MR) is 111 cm³/mol. The van der Waals surface area contributed by atoms with E-state index in [9.17, 15) is 14.4 Å². The Morgan fingerprint density at radius 3 is 2.67 bits per heavy atom. The fraction of sp³-hybridized carbons (Fsp3) is 0.136. The van der Waals surface area contributed by atoms with Gasteiger partial charge in [-0.2, -0.15) is 5.10 Å². The minimum absolute atomic E-state index is 0.0522. The molecule has 1 N–H and O–H groups in total. The zero-order valence-corrected chi connectivity index (χ0v) is 15.9. The molecule has 0 aliphatic rings. The van der Waals surface area contributed by atoms with E-state index in [4.69, 9.17) is 4.42 Å². The Balaban J connectivity index is 1.40. The number of nitrogens with one attached hydrogen (secondary N) is 1. The number of hydrogen-bond donors (Lipinski definition) is 1. The van der Waals surface area contributed by atoms with Gasteiger partial charge < -0.3 is 9.73 Å². The van der Waals surface area contributed by atoms with Crippen LogP contribution in [-0.2, 0) is 6.54 Å². The first-order chi connectivity index (χ1) is 14.6. The molecule has 0 radical (unpaired) electrons. The van der Waals surface area contributed by atoms with Crippen LogP contribution in [0.1, 0.15) is 16.8 Å². The molecule has 0 atom stereocenters. The summed E-state index contributed by atoms with van der Waals surface area (Å²) in [4.78, 5) is 40.5. The van der Waals surface area contributed by atoms with Crippen LogP contribution in [0.2, 0.25) is 0 Å². The molecule has 1 amide bonds. The van der Waals surface area contributed by atoms with E-state index < -0.39 is 11.5 Å². The molecule has 4 aromatic rings. The zero-order valence-electron chi connectivity index (χ0n) is 15.9. The number of aryl methyl sites for hydroxylation is 1. The molecule has 3 aromatic heterocycles. The van der Waals surface area contributed by atoms with Gasteiger partial charge in [-0.15, -0.1) is 0 Å². The number of amides is 1. The number of nitrogens with zero attached hydrogens (tertiary/aromatic N) is 3. The van der Waals surface area contributed by atoms with Gasteiger partial charge in [0.2, 0.25) is 0 Å². The van der Waals surface area contributed by atoms with Crippen molar-refractivity contribution < 1.29 is 9.21 Å². The Morgan fingerprint density at radius 1 is 1.03 bits per heavy atom. The van der Waals surface area contributed by atoms with Crippen LogP contribution in [0.3, 0.4) is 0 Å². The molecule has 1 aromatic carbocycles. The van der Waals surface area contributed by atoms with Crippen LogP contribution >= 0.6 is 0 Å². The first-order valence-electron chi connectivity index (χ1n) is 9.41. The second-order valence-electron chi connectivity index (χ2n) is 6.61. The number of aromatic nitrogens is 3. The van der Waals surface area contributed by atoms with Crippen molar-refractivity contribution in [3.05, 3.63) is 93.3 Å². The van der Waals surface area contributed by atoms with Gasteiger partial charge >= 0.3 is 5.63 Å². The maximum Gasteiger partial charge on any atom is 0.349 e. The summed E-state index contributed by atoms with van der Waals surface area (Å²) < 4.78 is 6.54. The Bertz CT molecular complexity index is 1310. The molecule has 3 heterocycles. The Labute approximate surface area is 170 Å². The lowest BCUT2D eigenvalue weighted by molar-refractivity contribution is 0.0949. The third kappa shape index (κ3) is 4.17. The molecule has 8 heteroatoms. The molecular weight excluding hydrogens is 384 g/mol. The van der Waals surface area contributed by atoms with Gasteiger partial charge in [-0.05, 0) is 36.8 Å². The number of rotatable bonds is 6. The molecule has 0 saturated carbocycles. The van der Waals surface area contributed by atoms with Gasteiger partial charge in [0.15, 0.2) is 0 Å². The van der Waals surface area contributed by atoms with Gasteiger partial charge in [0.1, 0.15) is 11.1 Å². The molecule has 0 aliphatic carbocycles. The summed E-state index contributed by atoms with van der Waals surface area (Å²) in [5, 5.41) is 7.73. The van der Waals surface area contributed by atoms with E-state index in [-0.39, 0.29) is 17.7 Å². The quantitative estimate of drug-likeness (QED) is 0.391. The first-order valence-corrected chi connectivity index (χ1v) is 9.41. The molecule has 0 bridgehead atoms. The number of hydrogen-bond acceptors (Lipinski definition) is 6. The number of para-hydroxylation sites is 1. The van der Waals surface area contributed by atoms with E-state index in [1.165, 1.54) is 16.8 Å². The van der Waals surface area contributed by atoms with Crippen LogP contribution in [0.25, 0.3) is 22.2 Å². The van der Waals surface area contributed by atoms with Gasteiger partial charge in [0, 0.05) is 42.5 Å². The van der Waals surface area contributed by atoms with E-state index in [2.05, 4.69) is 15.4 Å². The summed E-state index contributed by atoms with van der Waals surface area (Å²) in [6.07, 6.45) is 3.79. The molecule has 150 valence electrons. The van der Waals surface area contributed by atoms with Gasteiger partial charge in [-0.3, -0.25) is 14.6 Å². The SMILES string of the molecule is O=C(NCCCn1nc(-c2ccncc2)ccc1=O)c1cc2ccccc2oc1=O. The minimum Gasteiger partial charge on any atom is -0.422 e. The summed E-state index contributed by atoms with van der Waals surface area (Å²) in [5.41, 5.74) is 0.982. The fourth-order valence-corrected chi connectivity index (χ4v) is 3.03. The van der Waals surface area contributed by atoms with E-state index in [0.717, 1.165) is 5.56 Å². The number of benzene rings is 1. The molecule has 8 nitrogen and oxygen atoms in total. The van der Waals surface area contributed by atoms with Crippen molar-refractivity contribution in [2.75, 3.05) is 6.54 Å². The van der Waals surface area contributed by atoms with Crippen LogP contribution in [-0.4, -0.2) is 27.2 Å². The van der Waals surface area contributed by atoms with E-state index in [1.54, 1.807) is 42.7 Å². The predicted octanol–water partition coefficient (Wildman–Crippen LogP) is 2.23. The van der Waals surface area contributed by atoms with E-state index in [0.29, 0.717) is 29.6 Å². The average molecular weight is 402 g/mol. The number of carbonyl (C=O) groups excluding carboxylic acids is 1. The van der Waals surface area contributed by atoms with Crippen molar-refractivity contribution in [3.8, 4) is 11.3 Å². The second-order valence-corrected chi connectivity index (χ2v) is 6.61. The highest BCUT2D eigenvalue weighted by Crippen LogP contribution is 2.13. The molecule has 0 aliphatic heterocycles. The first kappa shape index (κ1) is 19.3. The van der Waals surface area contributed by atoms with Crippen LogP contribution in [0.4, 0.5) is 0 Å². The second kappa shape index (κ2) is 8.52. The summed E-state index contributed by atoms with van der Waals surface area (Å²) in [5.74, 6) is -0.514. The minimum atomic E-state index is -0.686. The fourth-order valence-electron chi connectivity index (χ4n) is 3.03. The molecule has 0 unspecified atom stereocenters. The average Bonchev–Trinajstić information content (AvgIpc) is 2.77. The number of pyridine rings is 1. The van der Waals surface area contributed by atoms with Crippen LogP contribution in [0, 0.1) is 0 Å². The van der Waals surface area contributed by atoms with Crippen LogP contribution in [0.5, 0.6) is 0 Å². The summed E-state index contributed by atoms with van der Waals surface area (Å²) in [6.45, 7) is 0.600. The summed E-state index contributed by atoms with van der Waals surface area (Å²) in [6, 6.07) is 15.3. The van der Waals surface area contributed by atoms with Gasteiger partial charge in [-0.25, -0.2) is 9.48 Å². The highest BCUT2D eigenvalue weighted by Gasteiger charge is 2.13. The van der Waals surface area contributed by atoms with Gasteiger partial charge in [-0.1, -0.05) is 18.2 Å². The van der Waals surface area contributed by atoms with Crippen molar-refractivity contribution >= 4 is 16.9 Å². The third-order valence-electron chi connectivity index (χ3n) is 4.56. The molecule has 0 saturated heterocycles. The molecule has 4 rings (SSSR count). The topological polar surface area (TPSA) is 107 Å². The largest absolute Gasteiger partial charge is 0.422 e. The maximum atomic E-state index is 12.4. The third-order valence-corrected chi connectivity index (χ3v) is 4.56. The van der Waals surface area contributed by atoms with Gasteiger partial charge in [0.05, 0.1) is 5.69 Å². The smallest absolute Gasteiger partial charge is 0.349 e. The Morgan fingerprint density at radius 2 is 1.83 bits per heavy atom. The maximum absolute atomic E-state index is 12.4. The van der Waals surface area contributed by atoms with Crippen molar-refractivity contribution in [3.63, 3.8) is 0 Å². The van der Waals surface area contributed by atoms with Crippen molar-refractivity contribution in [2.45, 2.75) is 13.0 Å². The Hall–Kier alpha value is -4.07. The lowest BCUT2D eigenvalue weighted by Gasteiger charge is -2.08. The standard InChI is InChI=1S/C22H18N4O4/c27-20-7-6-18(15-8-11-23-12-9-15)25-26(20)13-3-10-24-21(28)17-14-16-4-1-2-5-19(16)30-22(17)29/h1-2,4-9,11-12,14H,3,10,13H2,(H,24,28). The molecule has 0 fully saturated rings. The normalized spacial score (nSPS) is 10.8. The van der Waals surface area contributed by atoms with Crippen molar-refractivity contribution in [2.24, 2.45) is 0 Å². The van der Waals surface area contributed by atoms with E-state index >= 15 is 0 Å².